The Morgan fingerprint density at radius 2 is 2.00 bits per heavy atom. The van der Waals surface area contributed by atoms with Gasteiger partial charge in [0, 0.05) is 12.7 Å². The van der Waals surface area contributed by atoms with Crippen LogP contribution in [0.3, 0.4) is 0 Å². The maximum Gasteiger partial charge on any atom is 0.212 e. The smallest absolute Gasteiger partial charge is 0.212 e. The minimum Gasteiger partial charge on any atom is -0.497 e. The normalized spacial score (nSPS) is 10.6. The Labute approximate surface area is 125 Å². The minimum absolute atomic E-state index is 0.0897. The van der Waals surface area contributed by atoms with Crippen LogP contribution in [0.4, 0.5) is 0 Å². The van der Waals surface area contributed by atoms with E-state index in [1.165, 1.54) is 0 Å². The lowest BCUT2D eigenvalue weighted by Gasteiger charge is -2.07. The summed E-state index contributed by atoms with van der Waals surface area (Å²) in [5.74, 6) is 0.627. The molecule has 2 rings (SSSR count). The van der Waals surface area contributed by atoms with E-state index in [2.05, 4.69) is 21.0 Å². The molecule has 0 radical (unpaired) electrons. The van der Waals surface area contributed by atoms with E-state index in [0.29, 0.717) is 34.6 Å². The predicted octanol–water partition coefficient (Wildman–Crippen LogP) is 2.53. The van der Waals surface area contributed by atoms with Crippen molar-refractivity contribution in [1.29, 1.82) is 0 Å². The second-order valence-corrected chi connectivity index (χ2v) is 4.97. The van der Waals surface area contributed by atoms with Crippen molar-refractivity contribution in [1.82, 2.24) is 9.78 Å². The lowest BCUT2D eigenvalue weighted by atomic mass is 10.1. The van der Waals surface area contributed by atoms with Gasteiger partial charge in [-0.1, -0.05) is 0 Å². The van der Waals surface area contributed by atoms with E-state index in [1.54, 1.807) is 49.4 Å². The van der Waals surface area contributed by atoms with E-state index >= 15 is 0 Å². The van der Waals surface area contributed by atoms with Crippen LogP contribution < -0.4 is 4.74 Å². The van der Waals surface area contributed by atoms with E-state index in [-0.39, 0.29) is 5.78 Å². The number of ketones is 1. The fraction of sp³-hybridized carbons (Fsp3) is 0.286. The molecule has 0 saturated heterocycles. The van der Waals surface area contributed by atoms with Crippen LogP contribution in [0.25, 0.3) is 0 Å². The first-order valence-corrected chi connectivity index (χ1v) is 6.85. The largest absolute Gasteiger partial charge is 0.497 e. The molecule has 0 unspecified atom stereocenters. The minimum atomic E-state index is -0.0897. The molecule has 1 heterocycles. The van der Waals surface area contributed by atoms with Gasteiger partial charge < -0.3 is 9.47 Å². The van der Waals surface area contributed by atoms with Crippen LogP contribution in [0.1, 0.15) is 16.1 Å². The topological polar surface area (TPSA) is 53.4 Å². The van der Waals surface area contributed by atoms with Gasteiger partial charge in [-0.05, 0) is 40.2 Å². The molecule has 0 saturated carbocycles. The first kappa shape index (κ1) is 14.7. The van der Waals surface area contributed by atoms with Crippen LogP contribution in [0.15, 0.2) is 34.9 Å². The van der Waals surface area contributed by atoms with Gasteiger partial charge in [-0.15, -0.1) is 0 Å². The molecule has 0 aliphatic rings. The second-order valence-electron chi connectivity index (χ2n) is 4.11. The molecule has 0 atom stereocenters. The van der Waals surface area contributed by atoms with Crippen molar-refractivity contribution < 1.29 is 14.3 Å². The highest BCUT2D eigenvalue weighted by molar-refractivity contribution is 9.10. The van der Waals surface area contributed by atoms with Gasteiger partial charge in [0.05, 0.1) is 30.9 Å². The third-order valence-electron chi connectivity index (χ3n) is 2.87. The second kappa shape index (κ2) is 6.67. The number of aromatic nitrogens is 2. The summed E-state index contributed by atoms with van der Waals surface area (Å²) < 4.78 is 12.4. The van der Waals surface area contributed by atoms with Crippen LogP contribution in [0.5, 0.6) is 5.75 Å². The number of hydrogen-bond donors (Lipinski definition) is 0. The van der Waals surface area contributed by atoms with Crippen molar-refractivity contribution in [2.45, 2.75) is 6.54 Å². The standard InChI is InChI=1S/C14H15BrN2O3/c1-19-8-7-17-13(12(15)9-16-17)14(18)10-3-5-11(20-2)6-4-10/h3-6,9H,7-8H2,1-2H3. The Bertz CT molecular complexity index is 593. The Morgan fingerprint density at radius 3 is 2.60 bits per heavy atom. The summed E-state index contributed by atoms with van der Waals surface area (Å²) in [4.78, 5) is 12.5. The maximum atomic E-state index is 12.5. The average Bonchev–Trinajstić information content (AvgIpc) is 2.85. The third-order valence-corrected chi connectivity index (χ3v) is 3.45. The van der Waals surface area contributed by atoms with Gasteiger partial charge in [0.15, 0.2) is 0 Å². The molecule has 0 aliphatic heterocycles. The van der Waals surface area contributed by atoms with Crippen LogP contribution in [0, 0.1) is 0 Å². The first-order valence-electron chi connectivity index (χ1n) is 6.06. The third kappa shape index (κ3) is 3.08. The van der Waals surface area contributed by atoms with Gasteiger partial charge >= 0.3 is 0 Å². The van der Waals surface area contributed by atoms with Gasteiger partial charge in [-0.25, -0.2) is 0 Å². The molecule has 2 aromatic rings. The lowest BCUT2D eigenvalue weighted by molar-refractivity contribution is 0.102. The lowest BCUT2D eigenvalue weighted by Crippen LogP contribution is -2.14. The molecule has 0 spiro atoms. The fourth-order valence-electron chi connectivity index (χ4n) is 1.81. The SMILES string of the molecule is COCCn1ncc(Br)c1C(=O)c1ccc(OC)cc1. The Morgan fingerprint density at radius 1 is 1.30 bits per heavy atom. The zero-order valence-corrected chi connectivity index (χ0v) is 12.9. The molecular formula is C14H15BrN2O3. The van der Waals surface area contributed by atoms with Crippen molar-refractivity contribution in [2.75, 3.05) is 20.8 Å². The Hall–Kier alpha value is -1.66. The number of halogens is 1. The number of methoxy groups -OCH3 is 2. The summed E-state index contributed by atoms with van der Waals surface area (Å²) in [5, 5.41) is 4.18. The molecule has 1 aromatic carbocycles. The average molecular weight is 339 g/mol. The fourth-order valence-corrected chi connectivity index (χ4v) is 2.29. The van der Waals surface area contributed by atoms with Crippen molar-refractivity contribution >= 4 is 21.7 Å². The number of carbonyl (C=O) groups excluding carboxylic acids is 1. The molecule has 0 bridgehead atoms. The van der Waals surface area contributed by atoms with E-state index in [1.807, 2.05) is 0 Å². The van der Waals surface area contributed by atoms with E-state index in [4.69, 9.17) is 9.47 Å². The van der Waals surface area contributed by atoms with Gasteiger partial charge in [-0.3, -0.25) is 9.48 Å². The Balaban J connectivity index is 2.29. The summed E-state index contributed by atoms with van der Waals surface area (Å²) in [5.41, 5.74) is 1.11. The van der Waals surface area contributed by atoms with Crippen molar-refractivity contribution in [3.8, 4) is 5.75 Å². The van der Waals surface area contributed by atoms with Gasteiger partial charge in [0.2, 0.25) is 5.78 Å². The summed E-state index contributed by atoms with van der Waals surface area (Å²) in [6.07, 6.45) is 1.62. The molecule has 20 heavy (non-hydrogen) atoms. The first-order chi connectivity index (χ1) is 9.67. The summed E-state index contributed by atoms with van der Waals surface area (Å²) in [6.45, 7) is 1.02. The number of benzene rings is 1. The molecule has 0 aliphatic carbocycles. The van der Waals surface area contributed by atoms with Gasteiger partial charge in [0.25, 0.3) is 0 Å². The molecule has 0 amide bonds. The van der Waals surface area contributed by atoms with Crippen molar-refractivity contribution in [3.05, 3.63) is 46.2 Å². The number of nitrogens with zero attached hydrogens (tertiary/aromatic N) is 2. The molecule has 1 aromatic heterocycles. The van der Waals surface area contributed by atoms with Gasteiger partial charge in [0.1, 0.15) is 11.4 Å². The highest BCUT2D eigenvalue weighted by atomic mass is 79.9. The summed E-state index contributed by atoms with van der Waals surface area (Å²) in [6, 6.07) is 7.00. The van der Waals surface area contributed by atoms with Crippen LogP contribution in [-0.4, -0.2) is 36.4 Å². The highest BCUT2D eigenvalue weighted by Gasteiger charge is 2.18. The van der Waals surface area contributed by atoms with E-state index in [9.17, 15) is 4.79 Å². The van der Waals surface area contributed by atoms with Crippen LogP contribution in [0.2, 0.25) is 0 Å². The maximum absolute atomic E-state index is 12.5. The number of carbonyl (C=O) groups is 1. The van der Waals surface area contributed by atoms with Crippen molar-refractivity contribution in [2.24, 2.45) is 0 Å². The van der Waals surface area contributed by atoms with Crippen LogP contribution >= 0.6 is 15.9 Å². The number of hydrogen-bond acceptors (Lipinski definition) is 4. The number of rotatable bonds is 6. The molecule has 106 valence electrons. The van der Waals surface area contributed by atoms with Crippen molar-refractivity contribution in [3.63, 3.8) is 0 Å². The zero-order chi connectivity index (χ0) is 14.5. The molecule has 0 N–H and O–H groups in total. The van der Waals surface area contributed by atoms with E-state index < -0.39 is 0 Å². The highest BCUT2D eigenvalue weighted by Crippen LogP contribution is 2.21. The summed E-state index contributed by atoms with van der Waals surface area (Å²) in [7, 11) is 3.21. The molecular weight excluding hydrogens is 324 g/mol. The summed E-state index contributed by atoms with van der Waals surface area (Å²) >= 11 is 3.37. The Kier molecular flexibility index (Phi) is 4.92. The number of ether oxygens (including phenoxy) is 2. The monoisotopic (exact) mass is 338 g/mol. The molecule has 6 heteroatoms. The van der Waals surface area contributed by atoms with Gasteiger partial charge in [-0.2, -0.15) is 5.10 Å². The van der Waals surface area contributed by atoms with E-state index in [0.717, 1.165) is 0 Å². The zero-order valence-electron chi connectivity index (χ0n) is 11.3. The molecule has 0 fully saturated rings. The molecule has 5 nitrogen and oxygen atoms in total. The quantitative estimate of drug-likeness (QED) is 0.759. The van der Waals surface area contributed by atoms with Crippen LogP contribution in [-0.2, 0) is 11.3 Å². The predicted molar refractivity (Wildman–Crippen MR) is 78.2 cm³/mol.